The lowest BCUT2D eigenvalue weighted by molar-refractivity contribution is 0.624. The zero-order chi connectivity index (χ0) is 17.1. The lowest BCUT2D eigenvalue weighted by atomic mass is 10.1. The van der Waals surface area contributed by atoms with Crippen LogP contribution in [0.5, 0.6) is 0 Å². The highest BCUT2D eigenvalue weighted by atomic mass is 19.1. The Morgan fingerprint density at radius 3 is 2.76 bits per heavy atom. The molecule has 0 unspecified atom stereocenters. The third kappa shape index (κ3) is 1.97. The van der Waals surface area contributed by atoms with Gasteiger partial charge in [0.05, 0.1) is 34.8 Å². The van der Waals surface area contributed by atoms with Crippen molar-refractivity contribution in [3.8, 4) is 22.8 Å². The highest BCUT2D eigenvalue weighted by molar-refractivity contribution is 5.63. The molecule has 0 radical (unpaired) electrons. The second-order valence-corrected chi connectivity index (χ2v) is 6.18. The average Bonchev–Trinajstić information content (AvgIpc) is 3.26. The first-order valence-corrected chi connectivity index (χ1v) is 7.88. The molecule has 1 aliphatic rings. The summed E-state index contributed by atoms with van der Waals surface area (Å²) in [5.41, 5.74) is 5.80. The van der Waals surface area contributed by atoms with Crippen LogP contribution in [0.15, 0.2) is 37.1 Å². The zero-order valence-electron chi connectivity index (χ0n) is 13.7. The van der Waals surface area contributed by atoms with E-state index in [1.807, 2.05) is 29.3 Å². The first kappa shape index (κ1) is 14.1. The number of hydrogen-bond acceptors (Lipinski definition) is 4. The largest absolute Gasteiger partial charge is 0.340 e. The van der Waals surface area contributed by atoms with Gasteiger partial charge in [-0.1, -0.05) is 5.21 Å². The minimum atomic E-state index is -0.314. The Morgan fingerprint density at radius 2 is 1.96 bits per heavy atom. The summed E-state index contributed by atoms with van der Waals surface area (Å²) in [6.45, 7) is 1.91. The van der Waals surface area contributed by atoms with Gasteiger partial charge in [-0.3, -0.25) is 4.57 Å². The van der Waals surface area contributed by atoms with Crippen LogP contribution in [0.1, 0.15) is 17.1 Å². The molecule has 5 rings (SSSR count). The van der Waals surface area contributed by atoms with Gasteiger partial charge in [0.1, 0.15) is 23.5 Å². The predicted octanol–water partition coefficient (Wildman–Crippen LogP) is 2.21. The Balaban J connectivity index is 1.83. The van der Waals surface area contributed by atoms with Crippen molar-refractivity contribution in [2.75, 3.05) is 0 Å². The van der Waals surface area contributed by atoms with Crippen molar-refractivity contribution in [3.63, 3.8) is 0 Å². The maximum atomic E-state index is 13.9. The van der Waals surface area contributed by atoms with Crippen molar-refractivity contribution in [2.45, 2.75) is 13.3 Å². The predicted molar refractivity (Wildman–Crippen MR) is 88.2 cm³/mol. The monoisotopic (exact) mass is 335 g/mol. The van der Waals surface area contributed by atoms with Crippen molar-refractivity contribution >= 4 is 0 Å². The van der Waals surface area contributed by atoms with Crippen LogP contribution < -0.4 is 0 Å². The Kier molecular flexibility index (Phi) is 2.74. The third-order valence-electron chi connectivity index (χ3n) is 4.53. The lowest BCUT2D eigenvalue weighted by Crippen LogP contribution is -2.04. The number of fused-ring (bicyclic) bond motifs is 5. The maximum Gasteiger partial charge on any atom is 0.125 e. The third-order valence-corrected chi connectivity index (χ3v) is 4.53. The van der Waals surface area contributed by atoms with E-state index >= 15 is 0 Å². The molecule has 0 saturated carbocycles. The van der Waals surface area contributed by atoms with Crippen molar-refractivity contribution < 1.29 is 4.39 Å². The highest BCUT2D eigenvalue weighted by Gasteiger charge is 2.26. The smallest absolute Gasteiger partial charge is 0.125 e. The number of rotatable bonds is 1. The van der Waals surface area contributed by atoms with E-state index in [1.165, 1.54) is 12.1 Å². The topological polar surface area (TPSA) is 66.3 Å². The second-order valence-electron chi connectivity index (χ2n) is 6.18. The van der Waals surface area contributed by atoms with Gasteiger partial charge < -0.3 is 4.57 Å². The standard InChI is InChI=1S/C17H14FN7/c1-10-14-6-16-17(12-7-23(2)8-19-12)20-9-24(16)13-4-3-11(18)5-15(13)25(14)22-21-10/h3-5,7-9H,6H2,1-2H3. The number of aryl methyl sites for hydroxylation is 2. The molecule has 0 bridgehead atoms. The molecule has 0 aliphatic carbocycles. The molecule has 25 heavy (non-hydrogen) atoms. The van der Waals surface area contributed by atoms with Crippen molar-refractivity contribution in [1.29, 1.82) is 0 Å². The number of halogens is 1. The molecule has 4 aromatic rings. The van der Waals surface area contributed by atoms with E-state index < -0.39 is 0 Å². The molecule has 124 valence electrons. The summed E-state index contributed by atoms with van der Waals surface area (Å²) in [5, 5.41) is 8.39. The second kappa shape index (κ2) is 4.85. The summed E-state index contributed by atoms with van der Waals surface area (Å²) in [7, 11) is 1.92. The van der Waals surface area contributed by atoms with Crippen LogP contribution in [0, 0.1) is 12.7 Å². The molecule has 3 aromatic heterocycles. The van der Waals surface area contributed by atoms with Gasteiger partial charge in [0.25, 0.3) is 0 Å². The van der Waals surface area contributed by atoms with Crippen LogP contribution in [0.4, 0.5) is 4.39 Å². The first-order chi connectivity index (χ1) is 12.1. The van der Waals surface area contributed by atoms with Gasteiger partial charge in [-0.15, -0.1) is 5.10 Å². The number of aromatic nitrogens is 7. The van der Waals surface area contributed by atoms with Gasteiger partial charge in [-0.05, 0) is 19.1 Å². The Bertz CT molecular complexity index is 1120. The first-order valence-electron chi connectivity index (χ1n) is 7.88. The average molecular weight is 335 g/mol. The molecule has 0 saturated heterocycles. The molecule has 0 spiro atoms. The van der Waals surface area contributed by atoms with E-state index in [0.717, 1.165) is 34.2 Å². The molecule has 0 atom stereocenters. The number of nitrogens with zero attached hydrogens (tertiary/aromatic N) is 7. The Labute approximate surface area is 142 Å². The number of hydrogen-bond donors (Lipinski definition) is 0. The van der Waals surface area contributed by atoms with Crippen LogP contribution in [0.25, 0.3) is 22.8 Å². The molecular weight excluding hydrogens is 321 g/mol. The fourth-order valence-corrected chi connectivity index (χ4v) is 3.30. The minimum Gasteiger partial charge on any atom is -0.340 e. The quantitative estimate of drug-likeness (QED) is 0.471. The molecular formula is C17H14FN7. The molecule has 7 nitrogen and oxygen atoms in total. The van der Waals surface area contributed by atoms with Crippen LogP contribution >= 0.6 is 0 Å². The van der Waals surface area contributed by atoms with Crippen LogP contribution in [0.2, 0.25) is 0 Å². The Hall–Kier alpha value is -3.29. The van der Waals surface area contributed by atoms with Gasteiger partial charge in [-0.25, -0.2) is 19.0 Å². The van der Waals surface area contributed by atoms with Crippen LogP contribution in [-0.2, 0) is 13.5 Å². The van der Waals surface area contributed by atoms with Gasteiger partial charge >= 0.3 is 0 Å². The maximum absolute atomic E-state index is 13.9. The highest BCUT2D eigenvalue weighted by Crippen LogP contribution is 2.33. The molecule has 1 aromatic carbocycles. The molecule has 0 fully saturated rings. The van der Waals surface area contributed by atoms with Gasteiger partial charge in [0.2, 0.25) is 0 Å². The summed E-state index contributed by atoms with van der Waals surface area (Å²) >= 11 is 0. The summed E-state index contributed by atoms with van der Waals surface area (Å²) in [6, 6.07) is 4.66. The van der Waals surface area contributed by atoms with Gasteiger partial charge in [-0.2, -0.15) is 0 Å². The van der Waals surface area contributed by atoms with Crippen molar-refractivity contribution in [2.24, 2.45) is 7.05 Å². The summed E-state index contributed by atoms with van der Waals surface area (Å²) < 4.78 is 19.5. The van der Waals surface area contributed by atoms with E-state index in [9.17, 15) is 4.39 Å². The SMILES string of the molecule is Cc1nnn2c1Cc1c(-c3cn(C)cn3)ncn1-c1ccc(F)cc1-2. The zero-order valence-corrected chi connectivity index (χ0v) is 13.7. The lowest BCUT2D eigenvalue weighted by Gasteiger charge is -2.09. The molecule has 8 heteroatoms. The summed E-state index contributed by atoms with van der Waals surface area (Å²) in [5.74, 6) is -0.314. The van der Waals surface area contributed by atoms with Crippen LogP contribution in [-0.4, -0.2) is 34.1 Å². The van der Waals surface area contributed by atoms with Gasteiger partial charge in [0, 0.05) is 25.7 Å². The van der Waals surface area contributed by atoms with Crippen molar-refractivity contribution in [3.05, 3.63) is 59.9 Å². The number of benzene rings is 1. The van der Waals surface area contributed by atoms with E-state index in [4.69, 9.17) is 0 Å². The van der Waals surface area contributed by atoms with E-state index in [0.29, 0.717) is 12.1 Å². The number of imidazole rings is 2. The molecule has 4 heterocycles. The molecule has 1 aliphatic heterocycles. The van der Waals surface area contributed by atoms with E-state index in [-0.39, 0.29) is 5.82 Å². The Morgan fingerprint density at radius 1 is 1.08 bits per heavy atom. The van der Waals surface area contributed by atoms with E-state index in [1.54, 1.807) is 23.4 Å². The van der Waals surface area contributed by atoms with Crippen LogP contribution in [0.3, 0.4) is 0 Å². The molecule has 0 N–H and O–H groups in total. The molecule has 0 amide bonds. The fraction of sp³-hybridized carbons (Fsp3) is 0.176. The minimum absolute atomic E-state index is 0.314. The summed E-state index contributed by atoms with van der Waals surface area (Å²) in [6.07, 6.45) is 6.02. The summed E-state index contributed by atoms with van der Waals surface area (Å²) in [4.78, 5) is 9.00. The fourth-order valence-electron chi connectivity index (χ4n) is 3.30. The van der Waals surface area contributed by atoms with Gasteiger partial charge in [0.15, 0.2) is 0 Å². The normalized spacial score (nSPS) is 12.4. The van der Waals surface area contributed by atoms with Crippen molar-refractivity contribution in [1.82, 2.24) is 34.1 Å². The van der Waals surface area contributed by atoms with E-state index in [2.05, 4.69) is 20.3 Å².